The smallest absolute Gasteiger partial charge is 0.307 e. The van der Waals surface area contributed by atoms with E-state index in [0.29, 0.717) is 23.6 Å². The number of ether oxygens (including phenoxy) is 1. The monoisotopic (exact) mass is 459 g/mol. The summed E-state index contributed by atoms with van der Waals surface area (Å²) in [5.41, 5.74) is 4.20. The van der Waals surface area contributed by atoms with E-state index in [4.69, 9.17) is 4.74 Å². The number of fused-ring (bicyclic) bond motifs is 1. The highest BCUT2D eigenvalue weighted by Gasteiger charge is 2.39. The van der Waals surface area contributed by atoms with Crippen LogP contribution in [0.2, 0.25) is 0 Å². The van der Waals surface area contributed by atoms with Crippen molar-refractivity contribution < 1.29 is 14.3 Å². The Kier molecular flexibility index (Phi) is 7.15. The second-order valence-corrected chi connectivity index (χ2v) is 9.75. The number of aromatic nitrogens is 1. The normalized spacial score (nSPS) is 14.9. The number of esters is 1. The largest absolute Gasteiger partial charge is 0.466 e. The van der Waals surface area contributed by atoms with Gasteiger partial charge < -0.3 is 15.0 Å². The zero-order chi connectivity index (χ0) is 24.1. The minimum absolute atomic E-state index is 0.171. The Morgan fingerprint density at radius 1 is 1.12 bits per heavy atom. The second-order valence-electron chi connectivity index (χ2n) is 9.75. The summed E-state index contributed by atoms with van der Waals surface area (Å²) in [5.74, 6) is -0.493. The molecule has 1 aromatic heterocycles. The molecule has 0 saturated heterocycles. The lowest BCUT2D eigenvalue weighted by molar-refractivity contribution is -0.142. The van der Waals surface area contributed by atoms with E-state index in [9.17, 15) is 9.59 Å². The molecule has 4 rings (SSSR count). The van der Waals surface area contributed by atoms with Crippen molar-refractivity contribution >= 4 is 28.5 Å². The van der Waals surface area contributed by atoms with Crippen LogP contribution in [0.1, 0.15) is 56.0 Å². The predicted octanol–water partition coefficient (Wildman–Crippen LogP) is 5.11. The van der Waals surface area contributed by atoms with E-state index in [-0.39, 0.29) is 24.8 Å². The Morgan fingerprint density at radius 2 is 1.85 bits per heavy atom. The Balaban J connectivity index is 1.45. The van der Waals surface area contributed by atoms with Crippen LogP contribution in [-0.4, -0.2) is 36.1 Å². The molecule has 1 saturated carbocycles. The van der Waals surface area contributed by atoms with Gasteiger partial charge in [0.1, 0.15) is 0 Å². The molecule has 178 valence electrons. The maximum absolute atomic E-state index is 12.4. The maximum Gasteiger partial charge on any atom is 0.307 e. The lowest BCUT2D eigenvalue weighted by Crippen LogP contribution is -2.48. The van der Waals surface area contributed by atoms with Gasteiger partial charge in [0.2, 0.25) is 0 Å². The summed E-state index contributed by atoms with van der Waals surface area (Å²) in [5, 5.41) is 3.92. The number of rotatable bonds is 9. The van der Waals surface area contributed by atoms with Crippen molar-refractivity contribution in [2.45, 2.75) is 52.6 Å². The van der Waals surface area contributed by atoms with Crippen molar-refractivity contribution in [3.8, 4) is 0 Å². The number of nitrogens with one attached hydrogen (secondary N) is 1. The average Bonchev–Trinajstić information content (AvgIpc) is 2.81. The molecule has 0 radical (unpaired) electrons. The summed E-state index contributed by atoms with van der Waals surface area (Å²) in [6.07, 6.45) is 4.42. The van der Waals surface area contributed by atoms with E-state index in [1.807, 2.05) is 48.7 Å². The number of hydrogen-bond acceptors (Lipinski definition) is 5. The first-order valence-electron chi connectivity index (χ1n) is 12.0. The van der Waals surface area contributed by atoms with Gasteiger partial charge >= 0.3 is 5.97 Å². The lowest BCUT2D eigenvalue weighted by Gasteiger charge is -2.49. The predicted molar refractivity (Wildman–Crippen MR) is 135 cm³/mol. The van der Waals surface area contributed by atoms with Crippen LogP contribution < -0.4 is 10.2 Å². The topological polar surface area (TPSA) is 71.5 Å². The number of amides is 1. The highest BCUT2D eigenvalue weighted by molar-refractivity contribution is 5.94. The average molecular weight is 460 g/mol. The van der Waals surface area contributed by atoms with E-state index >= 15 is 0 Å². The molecule has 1 fully saturated rings. The molecule has 1 aliphatic rings. The molecule has 6 heteroatoms. The van der Waals surface area contributed by atoms with Crippen molar-refractivity contribution in [2.75, 3.05) is 18.1 Å². The van der Waals surface area contributed by atoms with E-state index in [0.717, 1.165) is 41.5 Å². The Morgan fingerprint density at radius 3 is 2.56 bits per heavy atom. The van der Waals surface area contributed by atoms with Gasteiger partial charge in [-0.25, -0.2) is 0 Å². The van der Waals surface area contributed by atoms with Gasteiger partial charge in [0.15, 0.2) is 0 Å². The van der Waals surface area contributed by atoms with Crippen LogP contribution in [0.3, 0.4) is 0 Å². The number of nitrogens with zero attached hydrogens (tertiary/aromatic N) is 2. The summed E-state index contributed by atoms with van der Waals surface area (Å²) < 4.78 is 4.89. The van der Waals surface area contributed by atoms with Crippen LogP contribution in [0.25, 0.3) is 10.9 Å². The van der Waals surface area contributed by atoms with Gasteiger partial charge in [0.05, 0.1) is 30.4 Å². The van der Waals surface area contributed by atoms with E-state index in [2.05, 4.69) is 41.2 Å². The van der Waals surface area contributed by atoms with Crippen molar-refractivity contribution in [1.29, 1.82) is 0 Å². The molecule has 0 unspecified atom stereocenters. The SMILES string of the molecule is CCOC(=O)CCNC(=O)c1ccc(CN(c2cnc3ccccc3c2)C2CC(C)(C)C2)cc1. The Hall–Kier alpha value is -3.41. The van der Waals surface area contributed by atoms with Crippen molar-refractivity contribution in [3.05, 3.63) is 71.9 Å². The molecule has 0 bridgehead atoms. The Bertz CT molecular complexity index is 1150. The summed E-state index contributed by atoms with van der Waals surface area (Å²) in [6, 6.07) is 18.6. The minimum atomic E-state index is -0.305. The molecular weight excluding hydrogens is 426 g/mol. The van der Waals surface area contributed by atoms with Crippen molar-refractivity contribution in [1.82, 2.24) is 10.3 Å². The highest BCUT2D eigenvalue weighted by Crippen LogP contribution is 2.44. The summed E-state index contributed by atoms with van der Waals surface area (Å²) in [4.78, 5) is 31.0. The Labute approximate surface area is 201 Å². The fourth-order valence-corrected chi connectivity index (χ4v) is 4.66. The van der Waals surface area contributed by atoms with Crippen molar-refractivity contribution in [3.63, 3.8) is 0 Å². The van der Waals surface area contributed by atoms with Crippen LogP contribution in [0.15, 0.2) is 60.8 Å². The molecule has 2 aromatic carbocycles. The number of carbonyl (C=O) groups is 2. The van der Waals surface area contributed by atoms with Gasteiger partial charge in [-0.2, -0.15) is 0 Å². The third-order valence-corrected chi connectivity index (χ3v) is 6.41. The van der Waals surface area contributed by atoms with Gasteiger partial charge in [-0.3, -0.25) is 14.6 Å². The molecule has 34 heavy (non-hydrogen) atoms. The number of benzene rings is 2. The van der Waals surface area contributed by atoms with Gasteiger partial charge in [-0.15, -0.1) is 0 Å². The first-order chi connectivity index (χ1) is 16.3. The fraction of sp³-hybridized carbons (Fsp3) is 0.393. The first kappa shape index (κ1) is 23.7. The third-order valence-electron chi connectivity index (χ3n) is 6.41. The first-order valence-corrected chi connectivity index (χ1v) is 12.0. The molecule has 6 nitrogen and oxygen atoms in total. The van der Waals surface area contributed by atoms with Crippen LogP contribution in [-0.2, 0) is 16.1 Å². The summed E-state index contributed by atoms with van der Waals surface area (Å²) in [6.45, 7) is 7.76. The van der Waals surface area contributed by atoms with E-state index in [1.165, 1.54) is 0 Å². The van der Waals surface area contributed by atoms with Gasteiger partial charge in [-0.05, 0) is 55.0 Å². The molecule has 3 aromatic rings. The highest BCUT2D eigenvalue weighted by atomic mass is 16.5. The third kappa shape index (κ3) is 5.74. The number of hydrogen-bond donors (Lipinski definition) is 1. The summed E-state index contributed by atoms with van der Waals surface area (Å²) in [7, 11) is 0. The van der Waals surface area contributed by atoms with Gasteiger partial charge in [0.25, 0.3) is 5.91 Å². The fourth-order valence-electron chi connectivity index (χ4n) is 4.66. The second kappa shape index (κ2) is 10.2. The molecule has 1 heterocycles. The standard InChI is InChI=1S/C28H33N3O3/c1-4-34-26(32)13-14-29-27(33)21-11-9-20(10-12-21)19-31(24-16-28(2,3)17-24)23-15-22-7-5-6-8-25(22)30-18-23/h5-12,15,18,24H,4,13-14,16-17,19H2,1-3H3,(H,29,33). The molecule has 0 aliphatic heterocycles. The molecule has 0 spiro atoms. The van der Waals surface area contributed by atoms with E-state index < -0.39 is 0 Å². The number of para-hydroxylation sites is 1. The number of anilines is 1. The van der Waals surface area contributed by atoms with Crippen molar-refractivity contribution in [2.24, 2.45) is 5.41 Å². The summed E-state index contributed by atoms with van der Waals surface area (Å²) >= 11 is 0. The van der Waals surface area contributed by atoms with Crippen LogP contribution in [0.5, 0.6) is 0 Å². The molecule has 1 N–H and O–H groups in total. The molecule has 1 aliphatic carbocycles. The van der Waals surface area contributed by atoms with Crippen LogP contribution in [0.4, 0.5) is 5.69 Å². The number of pyridine rings is 1. The lowest BCUT2D eigenvalue weighted by atomic mass is 9.67. The van der Waals surface area contributed by atoms with E-state index in [1.54, 1.807) is 6.92 Å². The molecular formula is C28H33N3O3. The molecule has 1 amide bonds. The van der Waals surface area contributed by atoms with Crippen LogP contribution in [0, 0.1) is 5.41 Å². The van der Waals surface area contributed by atoms with Gasteiger partial charge in [-0.1, -0.05) is 44.2 Å². The zero-order valence-electron chi connectivity index (χ0n) is 20.2. The zero-order valence-corrected chi connectivity index (χ0v) is 20.2. The molecule has 0 atom stereocenters. The van der Waals surface area contributed by atoms with Gasteiger partial charge in [0, 0.05) is 30.1 Å². The maximum atomic E-state index is 12.4. The minimum Gasteiger partial charge on any atom is -0.466 e. The quantitative estimate of drug-likeness (QED) is 0.450. The number of carbonyl (C=O) groups excluding carboxylic acids is 2. The van der Waals surface area contributed by atoms with Crippen LogP contribution >= 0.6 is 0 Å².